The standard InChI is InChI=1S/C26H21FN2O5/c1-34-24-9-5-2-6-18(24)14-20(30)15-29-25(32)21-7-3-4-8-22(21)28(26(29)33)16-23(31)17-10-12-19(27)13-11-17/h2-13H,14-16H2,1H3. The van der Waals surface area contributed by atoms with E-state index in [-0.39, 0.29) is 35.2 Å². The SMILES string of the molecule is COc1ccccc1CC(=O)Cn1c(=O)c2ccccc2n(CC(=O)c2ccc(F)cc2)c1=O. The number of nitrogens with zero attached hydrogens (tertiary/aromatic N) is 2. The first kappa shape index (κ1) is 22.8. The van der Waals surface area contributed by atoms with Crippen LogP contribution in [0.4, 0.5) is 4.39 Å². The number of methoxy groups -OCH3 is 1. The van der Waals surface area contributed by atoms with Crippen molar-refractivity contribution in [1.82, 2.24) is 9.13 Å². The Morgan fingerprint density at radius 3 is 2.26 bits per heavy atom. The molecule has 0 radical (unpaired) electrons. The first-order valence-electron chi connectivity index (χ1n) is 10.5. The van der Waals surface area contributed by atoms with Gasteiger partial charge in [-0.3, -0.25) is 23.5 Å². The zero-order valence-corrected chi connectivity index (χ0v) is 18.4. The van der Waals surface area contributed by atoms with Crippen LogP contribution in [0.5, 0.6) is 5.75 Å². The van der Waals surface area contributed by atoms with Crippen LogP contribution >= 0.6 is 0 Å². The Morgan fingerprint density at radius 2 is 1.53 bits per heavy atom. The van der Waals surface area contributed by atoms with Crippen molar-refractivity contribution in [3.8, 4) is 5.75 Å². The number of carbonyl (C=O) groups is 2. The first-order valence-corrected chi connectivity index (χ1v) is 10.5. The van der Waals surface area contributed by atoms with E-state index in [1.807, 2.05) is 0 Å². The third kappa shape index (κ3) is 4.56. The fourth-order valence-corrected chi connectivity index (χ4v) is 3.83. The predicted molar refractivity (Wildman–Crippen MR) is 125 cm³/mol. The van der Waals surface area contributed by atoms with Gasteiger partial charge in [-0.2, -0.15) is 0 Å². The highest BCUT2D eigenvalue weighted by Gasteiger charge is 2.18. The molecule has 4 rings (SSSR count). The molecule has 0 aliphatic rings. The minimum Gasteiger partial charge on any atom is -0.496 e. The molecule has 0 saturated carbocycles. The summed E-state index contributed by atoms with van der Waals surface area (Å²) in [6, 6.07) is 18.4. The smallest absolute Gasteiger partial charge is 0.332 e. The lowest BCUT2D eigenvalue weighted by Crippen LogP contribution is -2.42. The number of para-hydroxylation sites is 2. The van der Waals surface area contributed by atoms with Crippen LogP contribution in [-0.2, 0) is 24.3 Å². The molecule has 0 spiro atoms. The molecule has 0 aliphatic carbocycles. The molecule has 0 amide bonds. The summed E-state index contributed by atoms with van der Waals surface area (Å²) in [4.78, 5) is 51.9. The maximum atomic E-state index is 13.3. The number of halogens is 1. The summed E-state index contributed by atoms with van der Waals surface area (Å²) in [6.45, 7) is -0.822. The number of Topliss-reactive ketones (excluding diaryl/α,β-unsaturated/α-hetero) is 2. The van der Waals surface area contributed by atoms with E-state index in [1.165, 1.54) is 29.9 Å². The van der Waals surface area contributed by atoms with Gasteiger partial charge in [0.2, 0.25) is 0 Å². The predicted octanol–water partition coefficient (Wildman–Crippen LogP) is 3.01. The average molecular weight is 460 g/mol. The van der Waals surface area contributed by atoms with Crippen LogP contribution in [0, 0.1) is 5.82 Å². The van der Waals surface area contributed by atoms with E-state index in [9.17, 15) is 23.6 Å². The molecular weight excluding hydrogens is 439 g/mol. The van der Waals surface area contributed by atoms with Gasteiger partial charge in [0.25, 0.3) is 5.56 Å². The van der Waals surface area contributed by atoms with Crippen molar-refractivity contribution in [3.63, 3.8) is 0 Å². The zero-order chi connectivity index (χ0) is 24.2. The molecule has 0 fully saturated rings. The maximum Gasteiger partial charge on any atom is 0.332 e. The number of carbonyl (C=O) groups excluding carboxylic acids is 2. The Hall–Kier alpha value is -4.33. The number of ketones is 2. The van der Waals surface area contributed by atoms with E-state index in [0.29, 0.717) is 11.3 Å². The topological polar surface area (TPSA) is 87.4 Å². The van der Waals surface area contributed by atoms with Gasteiger partial charge in [0.1, 0.15) is 11.6 Å². The minimum absolute atomic E-state index is 0.0305. The van der Waals surface area contributed by atoms with E-state index in [0.717, 1.165) is 16.7 Å². The number of ether oxygens (including phenoxy) is 1. The molecule has 0 aliphatic heterocycles. The van der Waals surface area contributed by atoms with Gasteiger partial charge < -0.3 is 4.74 Å². The van der Waals surface area contributed by atoms with Crippen molar-refractivity contribution in [2.45, 2.75) is 19.5 Å². The van der Waals surface area contributed by atoms with Gasteiger partial charge >= 0.3 is 5.69 Å². The molecule has 0 atom stereocenters. The van der Waals surface area contributed by atoms with Gasteiger partial charge in [-0.25, -0.2) is 9.18 Å². The van der Waals surface area contributed by atoms with Crippen molar-refractivity contribution in [1.29, 1.82) is 0 Å². The third-order valence-electron chi connectivity index (χ3n) is 5.51. The molecule has 8 heteroatoms. The molecule has 7 nitrogen and oxygen atoms in total. The summed E-state index contributed by atoms with van der Waals surface area (Å²) in [5.41, 5.74) is -0.244. The number of hydrogen-bond donors (Lipinski definition) is 0. The molecule has 0 N–H and O–H groups in total. The second kappa shape index (κ2) is 9.66. The molecule has 4 aromatic rings. The summed E-state index contributed by atoms with van der Waals surface area (Å²) in [7, 11) is 1.49. The first-order chi connectivity index (χ1) is 16.4. The van der Waals surface area contributed by atoms with Gasteiger partial charge in [-0.15, -0.1) is 0 Å². The van der Waals surface area contributed by atoms with Crippen LogP contribution in [0.25, 0.3) is 10.9 Å². The Bertz CT molecular complexity index is 1500. The average Bonchev–Trinajstić information content (AvgIpc) is 2.85. The lowest BCUT2D eigenvalue weighted by Gasteiger charge is -2.14. The van der Waals surface area contributed by atoms with E-state index >= 15 is 0 Å². The molecular formula is C26H21FN2O5. The molecule has 1 heterocycles. The summed E-state index contributed by atoms with van der Waals surface area (Å²) < 4.78 is 20.5. The van der Waals surface area contributed by atoms with Gasteiger partial charge in [0.05, 0.1) is 31.1 Å². The normalized spacial score (nSPS) is 10.9. The van der Waals surface area contributed by atoms with E-state index in [4.69, 9.17) is 4.74 Å². The zero-order valence-electron chi connectivity index (χ0n) is 18.4. The largest absolute Gasteiger partial charge is 0.496 e. The summed E-state index contributed by atoms with van der Waals surface area (Å²) >= 11 is 0. The van der Waals surface area contributed by atoms with Crippen LogP contribution in [0.3, 0.4) is 0 Å². The van der Waals surface area contributed by atoms with Gasteiger partial charge in [-0.1, -0.05) is 30.3 Å². The van der Waals surface area contributed by atoms with E-state index in [1.54, 1.807) is 42.5 Å². The van der Waals surface area contributed by atoms with Crippen molar-refractivity contribution in [2.24, 2.45) is 0 Å². The number of hydrogen-bond acceptors (Lipinski definition) is 5. The highest BCUT2D eigenvalue weighted by atomic mass is 19.1. The van der Waals surface area contributed by atoms with Crippen LogP contribution in [0.1, 0.15) is 15.9 Å². The summed E-state index contributed by atoms with van der Waals surface area (Å²) in [5.74, 6) is -0.751. The number of benzene rings is 3. The Kier molecular flexibility index (Phi) is 6.49. The van der Waals surface area contributed by atoms with E-state index in [2.05, 4.69) is 0 Å². The number of rotatable bonds is 8. The van der Waals surface area contributed by atoms with Crippen LogP contribution in [0.2, 0.25) is 0 Å². The second-order valence-corrected chi connectivity index (χ2v) is 7.73. The molecule has 1 aromatic heterocycles. The minimum atomic E-state index is -0.771. The highest BCUT2D eigenvalue weighted by molar-refractivity contribution is 5.96. The van der Waals surface area contributed by atoms with Gasteiger partial charge in [0, 0.05) is 17.5 Å². The summed E-state index contributed by atoms with van der Waals surface area (Å²) in [6.07, 6.45) is -0.0305. The number of fused-ring (bicyclic) bond motifs is 1. The molecule has 172 valence electrons. The molecule has 34 heavy (non-hydrogen) atoms. The van der Waals surface area contributed by atoms with Gasteiger partial charge in [-0.05, 0) is 42.5 Å². The highest BCUT2D eigenvalue weighted by Crippen LogP contribution is 2.18. The third-order valence-corrected chi connectivity index (χ3v) is 5.51. The van der Waals surface area contributed by atoms with Crippen molar-refractivity contribution in [2.75, 3.05) is 7.11 Å². The monoisotopic (exact) mass is 460 g/mol. The lowest BCUT2D eigenvalue weighted by atomic mass is 10.1. The van der Waals surface area contributed by atoms with Gasteiger partial charge in [0.15, 0.2) is 11.6 Å². The molecule has 0 unspecified atom stereocenters. The van der Waals surface area contributed by atoms with E-state index < -0.39 is 29.4 Å². The van der Waals surface area contributed by atoms with Crippen molar-refractivity contribution in [3.05, 3.63) is 111 Å². The quantitative estimate of drug-likeness (QED) is 0.377. The Balaban J connectivity index is 1.72. The fourth-order valence-electron chi connectivity index (χ4n) is 3.83. The maximum absolute atomic E-state index is 13.3. The van der Waals surface area contributed by atoms with Crippen LogP contribution in [-0.4, -0.2) is 27.8 Å². The summed E-state index contributed by atoms with van der Waals surface area (Å²) in [5, 5.41) is 0.207. The fraction of sp³-hybridized carbons (Fsp3) is 0.154. The number of aromatic nitrogens is 2. The van der Waals surface area contributed by atoms with Crippen LogP contribution < -0.4 is 16.0 Å². The molecule has 0 bridgehead atoms. The lowest BCUT2D eigenvalue weighted by molar-refractivity contribution is -0.119. The van der Waals surface area contributed by atoms with Crippen molar-refractivity contribution < 1.29 is 18.7 Å². The van der Waals surface area contributed by atoms with Crippen LogP contribution in [0.15, 0.2) is 82.4 Å². The molecule has 0 saturated heterocycles. The molecule has 3 aromatic carbocycles. The second-order valence-electron chi connectivity index (χ2n) is 7.73. The Morgan fingerprint density at radius 1 is 0.853 bits per heavy atom. The van der Waals surface area contributed by atoms with Crippen molar-refractivity contribution >= 4 is 22.5 Å². The Labute approximate surface area is 193 Å².